The number of nitrogens with zero attached hydrogens (tertiary/aromatic N) is 3. The number of nitro groups is 1. The third kappa shape index (κ3) is 3.88. The number of non-ortho nitro benzene ring substituents is 1. The van der Waals surface area contributed by atoms with Gasteiger partial charge in [-0.05, 0) is 5.56 Å². The van der Waals surface area contributed by atoms with Crippen molar-refractivity contribution in [2.75, 3.05) is 7.11 Å². The number of nitro benzene ring substituents is 1. The quantitative estimate of drug-likeness (QED) is 0.468. The van der Waals surface area contributed by atoms with E-state index < -0.39 is 4.92 Å². The maximum atomic E-state index is 10.6. The predicted molar refractivity (Wildman–Crippen MR) is 86.0 cm³/mol. The monoisotopic (exact) mass is 355 g/mol. The van der Waals surface area contributed by atoms with E-state index in [1.54, 1.807) is 12.1 Å². The molecule has 0 aliphatic carbocycles. The van der Waals surface area contributed by atoms with Gasteiger partial charge in [0.15, 0.2) is 17.2 Å². The zero-order chi connectivity index (χ0) is 17.0. The number of halogens is 2. The van der Waals surface area contributed by atoms with Crippen molar-refractivity contribution in [1.82, 2.24) is 0 Å². The van der Waals surface area contributed by atoms with Crippen LogP contribution in [0.25, 0.3) is 0 Å². The van der Waals surface area contributed by atoms with Crippen LogP contribution in [0.2, 0.25) is 10.0 Å². The van der Waals surface area contributed by atoms with Crippen LogP contribution in [0.1, 0.15) is 5.56 Å². The fourth-order valence-corrected chi connectivity index (χ4v) is 2.11. The summed E-state index contributed by atoms with van der Waals surface area (Å²) in [6, 6.07) is 7.25. The SMILES string of the molecule is COc1cc(Cl)c(Cl)c(N=NCc2ccc([N+](=O)[O-])cc2)c1O. The van der Waals surface area contributed by atoms with Gasteiger partial charge < -0.3 is 9.84 Å². The van der Waals surface area contributed by atoms with Gasteiger partial charge in [-0.2, -0.15) is 5.11 Å². The molecule has 2 rings (SSSR count). The summed E-state index contributed by atoms with van der Waals surface area (Å²) in [4.78, 5) is 10.1. The van der Waals surface area contributed by atoms with Gasteiger partial charge in [-0.15, -0.1) is 5.11 Å². The summed E-state index contributed by atoms with van der Waals surface area (Å²) in [5.74, 6) is -0.141. The average Bonchev–Trinajstić information content (AvgIpc) is 2.54. The fourth-order valence-electron chi connectivity index (χ4n) is 1.74. The van der Waals surface area contributed by atoms with Crippen LogP contribution in [0.3, 0.4) is 0 Å². The Morgan fingerprint density at radius 3 is 2.52 bits per heavy atom. The van der Waals surface area contributed by atoms with Crippen LogP contribution in [0.15, 0.2) is 40.6 Å². The van der Waals surface area contributed by atoms with Gasteiger partial charge >= 0.3 is 0 Å². The zero-order valence-electron chi connectivity index (χ0n) is 11.9. The van der Waals surface area contributed by atoms with Gasteiger partial charge in [0, 0.05) is 18.2 Å². The number of phenols is 1. The standard InChI is InChI=1S/C14H11Cl2N3O4/c1-23-11-6-10(15)12(16)13(14(11)20)18-17-7-8-2-4-9(5-3-8)19(21)22/h2-6,20H,7H2,1H3. The Labute approximate surface area is 141 Å². The average molecular weight is 356 g/mol. The Hall–Kier alpha value is -2.38. The fraction of sp³-hybridized carbons (Fsp3) is 0.143. The van der Waals surface area contributed by atoms with E-state index in [1.165, 1.54) is 25.3 Å². The molecular formula is C14H11Cl2N3O4. The molecule has 0 saturated heterocycles. The molecule has 0 atom stereocenters. The van der Waals surface area contributed by atoms with Crippen LogP contribution in [-0.4, -0.2) is 17.1 Å². The molecule has 0 spiro atoms. The number of benzene rings is 2. The van der Waals surface area contributed by atoms with E-state index in [4.69, 9.17) is 27.9 Å². The minimum absolute atomic E-state index is 0.00192. The first kappa shape index (κ1) is 17.0. The second kappa shape index (κ2) is 7.26. The second-order valence-electron chi connectivity index (χ2n) is 4.39. The summed E-state index contributed by atoms with van der Waals surface area (Å²) in [5.41, 5.74) is 0.702. The smallest absolute Gasteiger partial charge is 0.269 e. The predicted octanol–water partition coefficient (Wildman–Crippen LogP) is 4.90. The molecule has 9 heteroatoms. The van der Waals surface area contributed by atoms with E-state index in [0.717, 1.165) is 0 Å². The Morgan fingerprint density at radius 1 is 1.30 bits per heavy atom. The summed E-state index contributed by atoms with van der Waals surface area (Å²) >= 11 is 11.9. The van der Waals surface area contributed by atoms with E-state index in [0.29, 0.717) is 5.56 Å². The molecule has 0 heterocycles. The molecule has 1 N–H and O–H groups in total. The summed E-state index contributed by atoms with van der Waals surface area (Å²) < 4.78 is 4.96. The lowest BCUT2D eigenvalue weighted by Crippen LogP contribution is -1.88. The van der Waals surface area contributed by atoms with Gasteiger partial charge in [0.1, 0.15) is 0 Å². The van der Waals surface area contributed by atoms with Gasteiger partial charge in [0.05, 0.1) is 28.6 Å². The molecule has 0 fully saturated rings. The van der Waals surface area contributed by atoms with Crippen molar-refractivity contribution in [3.63, 3.8) is 0 Å². The van der Waals surface area contributed by atoms with Crippen molar-refractivity contribution >= 4 is 34.6 Å². The molecule has 2 aromatic carbocycles. The highest BCUT2D eigenvalue weighted by atomic mass is 35.5. The maximum Gasteiger partial charge on any atom is 0.269 e. The minimum Gasteiger partial charge on any atom is -0.503 e. The highest BCUT2D eigenvalue weighted by molar-refractivity contribution is 6.44. The molecular weight excluding hydrogens is 345 g/mol. The molecule has 120 valence electrons. The molecule has 0 unspecified atom stereocenters. The van der Waals surface area contributed by atoms with Gasteiger partial charge in [-0.25, -0.2) is 0 Å². The van der Waals surface area contributed by atoms with Gasteiger partial charge in [0.25, 0.3) is 5.69 Å². The third-order valence-corrected chi connectivity index (χ3v) is 3.70. The van der Waals surface area contributed by atoms with E-state index in [9.17, 15) is 15.2 Å². The Bertz CT molecular complexity index is 764. The maximum absolute atomic E-state index is 10.6. The number of methoxy groups -OCH3 is 1. The number of hydrogen-bond acceptors (Lipinski definition) is 6. The molecule has 0 saturated carbocycles. The van der Waals surface area contributed by atoms with Crippen molar-refractivity contribution in [2.24, 2.45) is 10.2 Å². The molecule has 0 radical (unpaired) electrons. The highest BCUT2D eigenvalue weighted by Crippen LogP contribution is 2.46. The minimum atomic E-state index is -0.485. The number of ether oxygens (including phenoxy) is 1. The van der Waals surface area contributed by atoms with Crippen LogP contribution >= 0.6 is 23.2 Å². The van der Waals surface area contributed by atoms with Crippen LogP contribution in [0, 0.1) is 10.1 Å². The number of rotatable bonds is 5. The second-order valence-corrected chi connectivity index (χ2v) is 5.18. The van der Waals surface area contributed by atoms with Gasteiger partial charge in [0.2, 0.25) is 0 Å². The van der Waals surface area contributed by atoms with Crippen LogP contribution < -0.4 is 4.74 Å². The normalized spacial score (nSPS) is 10.9. The summed E-state index contributed by atoms with van der Waals surface area (Å²) in [7, 11) is 1.37. The number of phenolic OH excluding ortho intramolecular Hbond substituents is 1. The molecule has 2 aromatic rings. The largest absolute Gasteiger partial charge is 0.503 e. The molecule has 0 amide bonds. The van der Waals surface area contributed by atoms with Crippen molar-refractivity contribution in [2.45, 2.75) is 6.54 Å². The molecule has 0 aliphatic rings. The highest BCUT2D eigenvalue weighted by Gasteiger charge is 2.16. The van der Waals surface area contributed by atoms with E-state index >= 15 is 0 Å². The summed E-state index contributed by atoms with van der Waals surface area (Å²) in [5, 5.41) is 28.6. The first-order chi connectivity index (χ1) is 10.9. The molecule has 7 nitrogen and oxygen atoms in total. The Balaban J connectivity index is 2.20. The van der Waals surface area contributed by atoms with Gasteiger partial charge in [-0.3, -0.25) is 10.1 Å². The lowest BCUT2D eigenvalue weighted by atomic mass is 10.2. The number of azo groups is 1. The van der Waals surface area contributed by atoms with Crippen molar-refractivity contribution < 1.29 is 14.8 Å². The number of hydrogen-bond donors (Lipinski definition) is 1. The topological polar surface area (TPSA) is 97.3 Å². The molecule has 23 heavy (non-hydrogen) atoms. The van der Waals surface area contributed by atoms with E-state index in [-0.39, 0.29) is 39.5 Å². The first-order valence-electron chi connectivity index (χ1n) is 6.29. The lowest BCUT2D eigenvalue weighted by Gasteiger charge is -2.08. The molecule has 0 aliphatic heterocycles. The van der Waals surface area contributed by atoms with E-state index in [2.05, 4.69) is 10.2 Å². The first-order valence-corrected chi connectivity index (χ1v) is 7.05. The van der Waals surface area contributed by atoms with Crippen LogP contribution in [0.4, 0.5) is 11.4 Å². The summed E-state index contributed by atoms with van der Waals surface area (Å²) in [6.07, 6.45) is 0. The molecule has 0 bridgehead atoms. The zero-order valence-corrected chi connectivity index (χ0v) is 13.4. The Kier molecular flexibility index (Phi) is 5.36. The van der Waals surface area contributed by atoms with E-state index in [1.807, 2.05) is 0 Å². The Morgan fingerprint density at radius 2 is 1.96 bits per heavy atom. The lowest BCUT2D eigenvalue weighted by molar-refractivity contribution is -0.384. The van der Waals surface area contributed by atoms with Crippen molar-refractivity contribution in [3.8, 4) is 11.5 Å². The van der Waals surface area contributed by atoms with Crippen LogP contribution in [0.5, 0.6) is 11.5 Å². The van der Waals surface area contributed by atoms with Crippen molar-refractivity contribution in [3.05, 3.63) is 56.1 Å². The number of aromatic hydroxyl groups is 1. The molecule has 0 aromatic heterocycles. The summed E-state index contributed by atoms with van der Waals surface area (Å²) in [6.45, 7) is 0.155. The van der Waals surface area contributed by atoms with Crippen molar-refractivity contribution in [1.29, 1.82) is 0 Å². The van der Waals surface area contributed by atoms with Crippen LogP contribution in [-0.2, 0) is 6.54 Å². The van der Waals surface area contributed by atoms with Gasteiger partial charge in [-0.1, -0.05) is 35.3 Å². The third-order valence-electron chi connectivity index (χ3n) is 2.92.